The van der Waals surface area contributed by atoms with E-state index in [9.17, 15) is 10.1 Å². The van der Waals surface area contributed by atoms with Crippen LogP contribution in [0.3, 0.4) is 0 Å². The van der Waals surface area contributed by atoms with Gasteiger partial charge < -0.3 is 4.74 Å². The lowest BCUT2D eigenvalue weighted by Crippen LogP contribution is -2.32. The molecule has 0 atom stereocenters. The fourth-order valence-electron chi connectivity index (χ4n) is 3.59. The van der Waals surface area contributed by atoms with Crippen LogP contribution in [0.1, 0.15) is 0 Å². The Bertz CT molecular complexity index is 1220. The number of thiol groups is 1. The summed E-state index contributed by atoms with van der Waals surface area (Å²) in [7, 11) is 3.57. The smallest absolute Gasteiger partial charge is 0.295 e. The van der Waals surface area contributed by atoms with Crippen LogP contribution in [-0.4, -0.2) is 16.6 Å². The number of ether oxygens (including phenoxy) is 1. The summed E-state index contributed by atoms with van der Waals surface area (Å²) in [5.41, 5.74) is 3.46. The molecule has 0 fully saturated rings. The minimum absolute atomic E-state index is 0.0405. The molecular weight excluding hydrogens is 398 g/mol. The second-order valence-corrected chi connectivity index (χ2v) is 7.19. The van der Waals surface area contributed by atoms with Crippen molar-refractivity contribution in [2.75, 3.05) is 7.11 Å². The van der Waals surface area contributed by atoms with E-state index in [0.717, 1.165) is 34.1 Å². The van der Waals surface area contributed by atoms with Crippen molar-refractivity contribution >= 4 is 18.3 Å². The van der Waals surface area contributed by atoms with Crippen molar-refractivity contribution < 1.29 is 14.2 Å². The minimum Gasteiger partial charge on any atom is -0.497 e. The number of aromatic nitrogens is 2. The number of nitrogens with zero attached hydrogens (tertiary/aromatic N) is 3. The molecule has 0 bridgehead atoms. The zero-order valence-corrected chi connectivity index (χ0v) is 17.4. The first kappa shape index (κ1) is 19.7. The Hall–Kier alpha value is -3.58. The molecule has 1 heterocycles. The Balaban J connectivity index is 2.00. The number of hydrogen-bond acceptors (Lipinski definition) is 4. The number of imidazole rings is 1. The maximum atomic E-state index is 11.3. The third kappa shape index (κ3) is 3.44. The molecule has 0 saturated carbocycles. The minimum atomic E-state index is -0.389. The van der Waals surface area contributed by atoms with Crippen molar-refractivity contribution in [3.05, 3.63) is 89.0 Å². The summed E-state index contributed by atoms with van der Waals surface area (Å²) in [6, 6.07) is 24.3. The third-order valence-electron chi connectivity index (χ3n) is 4.98. The van der Waals surface area contributed by atoms with Gasteiger partial charge >= 0.3 is 0 Å². The summed E-state index contributed by atoms with van der Waals surface area (Å²) in [4.78, 5) is 10.9. The molecule has 3 aromatic carbocycles. The fourth-order valence-corrected chi connectivity index (χ4v) is 4.08. The molecule has 1 aromatic heterocycles. The maximum absolute atomic E-state index is 11.3. The third-order valence-corrected chi connectivity index (χ3v) is 5.39. The lowest BCUT2D eigenvalue weighted by molar-refractivity contribution is -0.649. The molecule has 0 amide bonds. The van der Waals surface area contributed by atoms with E-state index in [4.69, 9.17) is 17.4 Å². The Morgan fingerprint density at radius 1 is 0.967 bits per heavy atom. The highest BCUT2D eigenvalue weighted by molar-refractivity contribution is 7.80. The Morgan fingerprint density at radius 2 is 1.67 bits per heavy atom. The largest absolute Gasteiger partial charge is 0.497 e. The van der Waals surface area contributed by atoms with Gasteiger partial charge in [0, 0.05) is 17.7 Å². The van der Waals surface area contributed by atoms with E-state index in [-0.39, 0.29) is 10.6 Å². The lowest BCUT2D eigenvalue weighted by Gasteiger charge is -2.05. The van der Waals surface area contributed by atoms with E-state index in [1.165, 1.54) is 6.07 Å². The highest BCUT2D eigenvalue weighted by Gasteiger charge is 2.30. The maximum Gasteiger partial charge on any atom is 0.295 e. The Morgan fingerprint density at radius 3 is 2.30 bits per heavy atom. The summed E-state index contributed by atoms with van der Waals surface area (Å²) < 4.78 is 9.34. The number of nitro groups is 1. The van der Waals surface area contributed by atoms with Crippen molar-refractivity contribution in [3.63, 3.8) is 0 Å². The molecule has 0 unspecified atom stereocenters. The molecule has 4 aromatic rings. The van der Waals surface area contributed by atoms with Crippen molar-refractivity contribution in [1.29, 1.82) is 0 Å². The summed E-state index contributed by atoms with van der Waals surface area (Å²) in [6.07, 6.45) is 0. The number of nitro benzene ring substituents is 1. The van der Waals surface area contributed by atoms with Crippen molar-refractivity contribution in [2.24, 2.45) is 7.05 Å². The van der Waals surface area contributed by atoms with Crippen molar-refractivity contribution in [2.45, 2.75) is 5.03 Å². The van der Waals surface area contributed by atoms with Gasteiger partial charge in [0.25, 0.3) is 11.5 Å². The summed E-state index contributed by atoms with van der Waals surface area (Å²) in [5.74, 6) is 1.67. The second kappa shape index (κ2) is 8.04. The molecular formula is C23H20N3O3S+. The standard InChI is InChI=1S/C23H19N3O3S/c1-24-21(17-7-6-10-19(15-17)26(27)28)23(30)25(18-8-4-3-5-9-18)22(24)16-11-13-20(29-2)14-12-16/h3-15H,1-2H3/p+1. The van der Waals surface area contributed by atoms with E-state index >= 15 is 0 Å². The highest BCUT2D eigenvalue weighted by atomic mass is 32.1. The fraction of sp³-hybridized carbons (Fsp3) is 0.0870. The van der Waals surface area contributed by atoms with E-state index < -0.39 is 0 Å². The van der Waals surface area contributed by atoms with Gasteiger partial charge in [-0.2, -0.15) is 4.57 Å². The molecule has 0 radical (unpaired) electrons. The predicted octanol–water partition coefficient (Wildman–Crippen LogP) is 4.84. The average molecular weight is 418 g/mol. The average Bonchev–Trinajstić information content (AvgIpc) is 3.04. The van der Waals surface area contributed by atoms with Gasteiger partial charge in [-0.25, -0.2) is 4.57 Å². The van der Waals surface area contributed by atoms with Crippen LogP contribution in [-0.2, 0) is 7.05 Å². The van der Waals surface area contributed by atoms with Crippen LogP contribution in [0, 0.1) is 10.1 Å². The van der Waals surface area contributed by atoms with E-state index in [1.807, 2.05) is 76.8 Å². The molecule has 0 spiro atoms. The second-order valence-electron chi connectivity index (χ2n) is 6.76. The van der Waals surface area contributed by atoms with Crippen LogP contribution in [0.15, 0.2) is 83.9 Å². The first-order chi connectivity index (χ1) is 14.5. The van der Waals surface area contributed by atoms with Gasteiger partial charge in [0.05, 0.1) is 24.6 Å². The summed E-state index contributed by atoms with van der Waals surface area (Å²) in [6.45, 7) is 0. The molecule has 0 aliphatic heterocycles. The molecule has 30 heavy (non-hydrogen) atoms. The van der Waals surface area contributed by atoms with Gasteiger partial charge in [-0.3, -0.25) is 10.1 Å². The van der Waals surface area contributed by atoms with Gasteiger partial charge in [0.15, 0.2) is 5.69 Å². The van der Waals surface area contributed by atoms with Crippen LogP contribution in [0.25, 0.3) is 28.3 Å². The molecule has 0 aliphatic carbocycles. The van der Waals surface area contributed by atoms with Crippen LogP contribution >= 0.6 is 12.6 Å². The molecule has 0 saturated heterocycles. The topological polar surface area (TPSA) is 61.2 Å². The van der Waals surface area contributed by atoms with Crippen LogP contribution in [0.4, 0.5) is 5.69 Å². The van der Waals surface area contributed by atoms with E-state index in [0.29, 0.717) is 5.03 Å². The first-order valence-corrected chi connectivity index (χ1v) is 9.74. The van der Waals surface area contributed by atoms with Crippen LogP contribution < -0.4 is 9.30 Å². The summed E-state index contributed by atoms with van der Waals surface area (Å²) in [5, 5.41) is 12.0. The van der Waals surface area contributed by atoms with Crippen molar-refractivity contribution in [3.8, 4) is 34.1 Å². The molecule has 0 N–H and O–H groups in total. The zero-order valence-electron chi connectivity index (χ0n) is 16.5. The van der Waals surface area contributed by atoms with E-state index in [1.54, 1.807) is 19.2 Å². The molecule has 6 nitrogen and oxygen atoms in total. The molecule has 4 rings (SSSR count). The predicted molar refractivity (Wildman–Crippen MR) is 118 cm³/mol. The van der Waals surface area contributed by atoms with E-state index in [2.05, 4.69) is 0 Å². The lowest BCUT2D eigenvalue weighted by atomic mass is 10.1. The monoisotopic (exact) mass is 418 g/mol. The normalized spacial score (nSPS) is 10.8. The Kier molecular flexibility index (Phi) is 5.29. The van der Waals surface area contributed by atoms with Gasteiger partial charge in [-0.1, -0.05) is 43.0 Å². The van der Waals surface area contributed by atoms with Gasteiger partial charge in [0.2, 0.25) is 5.03 Å². The van der Waals surface area contributed by atoms with Crippen LogP contribution in [0.2, 0.25) is 0 Å². The highest BCUT2D eigenvalue weighted by Crippen LogP contribution is 2.34. The summed E-state index contributed by atoms with van der Waals surface area (Å²) >= 11 is 4.85. The molecule has 0 aliphatic rings. The van der Waals surface area contributed by atoms with Gasteiger partial charge in [-0.15, -0.1) is 0 Å². The number of non-ortho nitro benzene ring substituents is 1. The SMILES string of the molecule is COc1ccc(-c2n(-c3ccccc3)c(S)c(-c3cccc([N+](=O)[O-])c3)[n+]2C)cc1. The number of para-hydroxylation sites is 1. The van der Waals surface area contributed by atoms with Gasteiger partial charge in [-0.05, 0) is 36.4 Å². The first-order valence-electron chi connectivity index (χ1n) is 9.29. The zero-order chi connectivity index (χ0) is 21.3. The number of benzene rings is 3. The van der Waals surface area contributed by atoms with Crippen LogP contribution in [0.5, 0.6) is 5.75 Å². The quantitative estimate of drug-likeness (QED) is 0.218. The van der Waals surface area contributed by atoms with Gasteiger partial charge in [0.1, 0.15) is 11.4 Å². The molecule has 150 valence electrons. The number of rotatable bonds is 5. The number of methoxy groups -OCH3 is 1. The van der Waals surface area contributed by atoms with Crippen molar-refractivity contribution in [1.82, 2.24) is 4.57 Å². The Labute approximate surface area is 179 Å². The number of hydrogen-bond donors (Lipinski definition) is 1. The molecule has 7 heteroatoms.